The molecule has 0 radical (unpaired) electrons. The Kier molecular flexibility index (Phi) is 6.92. The number of fused-ring (bicyclic) bond motifs is 1. The molecule has 5 rings (SSSR count). The molecule has 1 amide bonds. The summed E-state index contributed by atoms with van der Waals surface area (Å²) in [6.07, 6.45) is 1.83. The first-order valence-corrected chi connectivity index (χ1v) is 13.1. The van der Waals surface area contributed by atoms with Gasteiger partial charge >= 0.3 is 0 Å². The molecule has 0 fully saturated rings. The first-order valence-electron chi connectivity index (χ1n) is 10.9. The monoisotopic (exact) mass is 523 g/mol. The number of anilines is 2. The molecule has 4 aromatic rings. The molecule has 35 heavy (non-hydrogen) atoms. The van der Waals surface area contributed by atoms with Gasteiger partial charge in [-0.1, -0.05) is 66.2 Å². The van der Waals surface area contributed by atoms with Gasteiger partial charge in [-0.15, -0.1) is 0 Å². The van der Waals surface area contributed by atoms with Crippen LogP contribution in [-0.2, 0) is 30.5 Å². The fraction of sp³-hybridized carbons (Fsp3) is 0.160. The normalized spacial score (nSPS) is 13.9. The molecule has 1 heterocycles. The van der Waals surface area contributed by atoms with Gasteiger partial charge in [-0.3, -0.25) is 13.3 Å². The van der Waals surface area contributed by atoms with Crippen molar-refractivity contribution in [3.8, 4) is 0 Å². The van der Waals surface area contributed by atoms with Crippen LogP contribution in [-0.4, -0.2) is 29.5 Å². The van der Waals surface area contributed by atoms with Crippen LogP contribution in [0.15, 0.2) is 72.8 Å². The molecule has 178 valence electrons. The van der Waals surface area contributed by atoms with E-state index < -0.39 is 11.3 Å². The SMILES string of the molecule is O=C(NC1Cc2ccccc2C1)c1ccc(Cl)cc1N(c1nsnc1Cc1ccccc1)S(=O)[O-]. The minimum absolute atomic E-state index is 0.0794. The van der Waals surface area contributed by atoms with Crippen molar-refractivity contribution in [2.24, 2.45) is 0 Å². The van der Waals surface area contributed by atoms with Crippen LogP contribution in [0.4, 0.5) is 11.5 Å². The second-order valence-electron chi connectivity index (χ2n) is 8.22. The van der Waals surface area contributed by atoms with E-state index in [2.05, 4.69) is 26.2 Å². The largest absolute Gasteiger partial charge is 0.755 e. The van der Waals surface area contributed by atoms with Crippen LogP contribution in [0.3, 0.4) is 0 Å². The third kappa shape index (κ3) is 5.13. The lowest BCUT2D eigenvalue weighted by atomic mass is 10.1. The average molecular weight is 524 g/mol. The molecule has 0 aliphatic heterocycles. The Morgan fingerprint density at radius 1 is 1.06 bits per heavy atom. The summed E-state index contributed by atoms with van der Waals surface area (Å²) in [5.41, 5.74) is 4.17. The van der Waals surface area contributed by atoms with Gasteiger partial charge in [0.25, 0.3) is 5.91 Å². The van der Waals surface area contributed by atoms with Gasteiger partial charge in [-0.05, 0) is 47.7 Å². The molecule has 7 nitrogen and oxygen atoms in total. The van der Waals surface area contributed by atoms with Gasteiger partial charge in [0.15, 0.2) is 5.82 Å². The number of hydrogen-bond donors (Lipinski definition) is 1. The number of aromatic nitrogens is 2. The number of rotatable bonds is 7. The van der Waals surface area contributed by atoms with Crippen molar-refractivity contribution >= 4 is 52.0 Å². The lowest BCUT2D eigenvalue weighted by Gasteiger charge is -2.27. The molecule has 1 aromatic heterocycles. The Bertz CT molecular complexity index is 1370. The third-order valence-corrected chi connectivity index (χ3v) is 7.36. The van der Waals surface area contributed by atoms with Crippen molar-refractivity contribution in [3.63, 3.8) is 0 Å². The first kappa shape index (κ1) is 23.6. The molecular formula is C25H20ClN4O3S2-. The smallest absolute Gasteiger partial charge is 0.253 e. The minimum atomic E-state index is -2.77. The summed E-state index contributed by atoms with van der Waals surface area (Å²) < 4.78 is 34.5. The summed E-state index contributed by atoms with van der Waals surface area (Å²) in [7, 11) is 0. The molecule has 3 aromatic carbocycles. The molecule has 1 unspecified atom stereocenters. The highest BCUT2D eigenvalue weighted by atomic mass is 35.5. The number of benzene rings is 3. The van der Waals surface area contributed by atoms with E-state index in [1.807, 2.05) is 42.5 Å². The number of hydrogen-bond acceptors (Lipinski definition) is 6. The zero-order chi connectivity index (χ0) is 24.4. The van der Waals surface area contributed by atoms with Gasteiger partial charge in [-0.25, -0.2) is 0 Å². The molecule has 0 saturated carbocycles. The van der Waals surface area contributed by atoms with Crippen LogP contribution in [0, 0.1) is 0 Å². The van der Waals surface area contributed by atoms with E-state index in [-0.39, 0.29) is 29.0 Å². The van der Waals surface area contributed by atoms with E-state index in [4.69, 9.17) is 11.6 Å². The van der Waals surface area contributed by atoms with E-state index in [9.17, 15) is 13.6 Å². The van der Waals surface area contributed by atoms with Crippen LogP contribution >= 0.6 is 23.3 Å². The fourth-order valence-corrected chi connectivity index (χ4v) is 5.68. The third-order valence-electron chi connectivity index (χ3n) is 5.90. The summed E-state index contributed by atoms with van der Waals surface area (Å²) in [6, 6.07) is 22.1. The van der Waals surface area contributed by atoms with Crippen LogP contribution < -0.4 is 9.62 Å². The van der Waals surface area contributed by atoms with E-state index in [0.717, 1.165) is 34.4 Å². The van der Waals surface area contributed by atoms with Gasteiger partial charge in [0.05, 0.1) is 34.2 Å². The maximum absolute atomic E-state index is 13.3. The van der Waals surface area contributed by atoms with Crippen molar-refractivity contribution in [2.75, 3.05) is 4.31 Å². The molecule has 0 saturated heterocycles. The van der Waals surface area contributed by atoms with Crippen LogP contribution in [0.5, 0.6) is 0 Å². The molecule has 1 aliphatic carbocycles. The number of carbonyl (C=O) groups excluding carboxylic acids is 1. The molecule has 0 bridgehead atoms. The molecule has 1 N–H and O–H groups in total. The lowest BCUT2D eigenvalue weighted by molar-refractivity contribution is 0.0939. The Morgan fingerprint density at radius 2 is 1.74 bits per heavy atom. The number of halogens is 1. The Labute approximate surface area is 214 Å². The Balaban J connectivity index is 1.46. The first-order chi connectivity index (χ1) is 17.0. The van der Waals surface area contributed by atoms with Crippen molar-refractivity contribution in [1.29, 1.82) is 0 Å². The number of nitrogens with one attached hydrogen (secondary N) is 1. The fourth-order valence-electron chi connectivity index (χ4n) is 4.31. The summed E-state index contributed by atoms with van der Waals surface area (Å²) in [6.45, 7) is 0. The van der Waals surface area contributed by atoms with E-state index in [1.54, 1.807) is 6.07 Å². The van der Waals surface area contributed by atoms with Gasteiger partial charge < -0.3 is 9.87 Å². The molecule has 10 heteroatoms. The van der Waals surface area contributed by atoms with Gasteiger partial charge in [0, 0.05) is 17.5 Å². The van der Waals surface area contributed by atoms with Crippen LogP contribution in [0.25, 0.3) is 0 Å². The maximum atomic E-state index is 13.3. The van der Waals surface area contributed by atoms with Gasteiger partial charge in [0.2, 0.25) is 0 Å². The topological polar surface area (TPSA) is 98.2 Å². The van der Waals surface area contributed by atoms with E-state index >= 15 is 0 Å². The van der Waals surface area contributed by atoms with Crippen LogP contribution in [0.1, 0.15) is 32.7 Å². The summed E-state index contributed by atoms with van der Waals surface area (Å²) >= 11 is 4.38. The predicted octanol–water partition coefficient (Wildman–Crippen LogP) is 4.61. The molecule has 0 spiro atoms. The summed E-state index contributed by atoms with van der Waals surface area (Å²) in [5, 5.41) is 3.35. The molecule has 1 atom stereocenters. The summed E-state index contributed by atoms with van der Waals surface area (Å²) in [4.78, 5) is 13.3. The van der Waals surface area contributed by atoms with Gasteiger partial charge in [0.1, 0.15) is 5.69 Å². The van der Waals surface area contributed by atoms with E-state index in [0.29, 0.717) is 17.1 Å². The quantitative estimate of drug-likeness (QED) is 0.357. The van der Waals surface area contributed by atoms with Crippen molar-refractivity contribution in [3.05, 3.63) is 106 Å². The van der Waals surface area contributed by atoms with Gasteiger partial charge in [-0.2, -0.15) is 8.75 Å². The number of nitrogens with zero attached hydrogens (tertiary/aromatic N) is 3. The lowest BCUT2D eigenvalue weighted by Crippen LogP contribution is -2.36. The zero-order valence-corrected chi connectivity index (χ0v) is 20.8. The zero-order valence-electron chi connectivity index (χ0n) is 18.4. The molecular weight excluding hydrogens is 504 g/mol. The second kappa shape index (κ2) is 10.2. The van der Waals surface area contributed by atoms with Crippen LogP contribution in [0.2, 0.25) is 5.02 Å². The van der Waals surface area contributed by atoms with Crippen molar-refractivity contribution in [2.45, 2.75) is 25.3 Å². The second-order valence-corrected chi connectivity index (χ2v) is 9.98. The highest BCUT2D eigenvalue weighted by Gasteiger charge is 2.27. The predicted molar refractivity (Wildman–Crippen MR) is 137 cm³/mol. The number of amides is 1. The number of carbonyl (C=O) groups is 1. The minimum Gasteiger partial charge on any atom is -0.755 e. The highest BCUT2D eigenvalue weighted by Crippen LogP contribution is 2.34. The van der Waals surface area contributed by atoms with Crippen molar-refractivity contribution < 1.29 is 13.6 Å². The summed E-state index contributed by atoms with van der Waals surface area (Å²) in [5.74, 6) is -0.227. The van der Waals surface area contributed by atoms with E-state index in [1.165, 1.54) is 23.3 Å². The maximum Gasteiger partial charge on any atom is 0.253 e. The Morgan fingerprint density at radius 3 is 2.43 bits per heavy atom. The van der Waals surface area contributed by atoms with Crippen molar-refractivity contribution in [1.82, 2.24) is 14.1 Å². The Hall–Kier alpha value is -3.11. The average Bonchev–Trinajstić information content (AvgIpc) is 3.46. The standard InChI is InChI=1S/C25H21ClN4O3S2/c26-19-10-11-21(25(31)27-20-13-17-8-4-5-9-18(17)14-20)23(15-19)30(35(32)33)24-22(28-34-29-24)12-16-6-2-1-3-7-16/h1-11,15,20H,12-14H2,(H,27,31)(H,32,33)/p-1. The highest BCUT2D eigenvalue weighted by molar-refractivity contribution is 7.81. The molecule has 1 aliphatic rings.